The Bertz CT molecular complexity index is 179. The topological polar surface area (TPSA) is 29.3 Å². The summed E-state index contributed by atoms with van der Waals surface area (Å²) in [6, 6.07) is 1.95. The van der Waals surface area contributed by atoms with Gasteiger partial charge in [0.15, 0.2) is 0 Å². The molecule has 1 saturated carbocycles. The average Bonchev–Trinajstić information content (AvgIpc) is 2.94. The van der Waals surface area contributed by atoms with E-state index in [0.717, 1.165) is 24.5 Å². The molecule has 0 aromatic rings. The molecule has 2 aliphatic rings. The predicted octanol–water partition coefficient (Wildman–Crippen LogP) is 1.99. The van der Waals surface area contributed by atoms with E-state index in [1.807, 2.05) is 0 Å². The fourth-order valence-electron chi connectivity index (χ4n) is 2.75. The van der Waals surface area contributed by atoms with Crippen LogP contribution in [0.15, 0.2) is 0 Å². The summed E-state index contributed by atoms with van der Waals surface area (Å²) in [5, 5.41) is 0. The summed E-state index contributed by atoms with van der Waals surface area (Å²) < 4.78 is 0. The minimum Gasteiger partial charge on any atom is -0.326 e. The number of rotatable bonds is 3. The van der Waals surface area contributed by atoms with Crippen molar-refractivity contribution < 1.29 is 0 Å². The van der Waals surface area contributed by atoms with Gasteiger partial charge in [0.2, 0.25) is 0 Å². The molecule has 1 aliphatic carbocycles. The van der Waals surface area contributed by atoms with Gasteiger partial charge in [0.05, 0.1) is 0 Å². The molecule has 2 fully saturated rings. The fourth-order valence-corrected chi connectivity index (χ4v) is 2.75. The average molecular weight is 196 g/mol. The third-order valence-electron chi connectivity index (χ3n) is 4.03. The first-order chi connectivity index (χ1) is 6.68. The van der Waals surface area contributed by atoms with Crippen molar-refractivity contribution in [1.82, 2.24) is 4.90 Å². The maximum absolute atomic E-state index is 6.19. The molecular weight excluding hydrogens is 172 g/mol. The van der Waals surface area contributed by atoms with Crippen LogP contribution >= 0.6 is 0 Å². The molecule has 1 heterocycles. The summed E-state index contributed by atoms with van der Waals surface area (Å²) in [5.74, 6) is 0.844. The van der Waals surface area contributed by atoms with Crippen LogP contribution in [0, 0.1) is 5.92 Å². The Morgan fingerprint density at radius 1 is 1.14 bits per heavy atom. The van der Waals surface area contributed by atoms with Crippen LogP contribution in [0.1, 0.15) is 46.0 Å². The first-order valence-corrected chi connectivity index (χ1v) is 6.20. The van der Waals surface area contributed by atoms with Crippen LogP contribution in [0.25, 0.3) is 0 Å². The van der Waals surface area contributed by atoms with Crippen LogP contribution in [-0.2, 0) is 0 Å². The molecule has 2 rings (SSSR count). The van der Waals surface area contributed by atoms with Gasteiger partial charge in [0.25, 0.3) is 0 Å². The van der Waals surface area contributed by atoms with Crippen molar-refractivity contribution in [3.8, 4) is 0 Å². The van der Waals surface area contributed by atoms with E-state index in [1.165, 1.54) is 32.1 Å². The van der Waals surface area contributed by atoms with Crippen molar-refractivity contribution >= 4 is 0 Å². The van der Waals surface area contributed by atoms with E-state index >= 15 is 0 Å². The summed E-state index contributed by atoms with van der Waals surface area (Å²) in [4.78, 5) is 2.63. The van der Waals surface area contributed by atoms with Gasteiger partial charge in [0, 0.05) is 24.7 Å². The van der Waals surface area contributed by atoms with E-state index in [9.17, 15) is 0 Å². The molecule has 1 unspecified atom stereocenters. The summed E-state index contributed by atoms with van der Waals surface area (Å²) in [7, 11) is 0. The maximum Gasteiger partial charge on any atom is 0.0196 e. The molecular formula is C12H24N2. The lowest BCUT2D eigenvalue weighted by atomic mass is 9.96. The lowest BCUT2D eigenvalue weighted by molar-refractivity contribution is 0.0934. The molecule has 1 saturated heterocycles. The molecule has 0 aromatic heterocycles. The fraction of sp³-hybridized carbons (Fsp3) is 1.00. The third kappa shape index (κ3) is 2.29. The number of piperidine rings is 1. The van der Waals surface area contributed by atoms with E-state index in [4.69, 9.17) is 5.73 Å². The molecule has 0 bridgehead atoms. The molecule has 0 spiro atoms. The Hall–Kier alpha value is -0.0800. The summed E-state index contributed by atoms with van der Waals surface area (Å²) >= 11 is 0. The number of likely N-dealkylation sites (tertiary alicyclic amines) is 1. The Morgan fingerprint density at radius 3 is 2.21 bits per heavy atom. The quantitative estimate of drug-likeness (QED) is 0.748. The molecule has 0 aromatic carbocycles. The first kappa shape index (κ1) is 10.4. The highest BCUT2D eigenvalue weighted by Crippen LogP contribution is 2.33. The second-order valence-corrected chi connectivity index (χ2v) is 5.33. The highest BCUT2D eigenvalue weighted by atomic mass is 15.2. The molecule has 0 radical (unpaired) electrons. The zero-order chi connectivity index (χ0) is 10.1. The van der Waals surface area contributed by atoms with E-state index in [2.05, 4.69) is 18.7 Å². The van der Waals surface area contributed by atoms with Gasteiger partial charge in [-0.05, 0) is 45.4 Å². The van der Waals surface area contributed by atoms with Crippen LogP contribution in [0.4, 0.5) is 0 Å². The largest absolute Gasteiger partial charge is 0.326 e. The molecule has 14 heavy (non-hydrogen) atoms. The van der Waals surface area contributed by atoms with Crippen molar-refractivity contribution in [3.05, 3.63) is 0 Å². The maximum atomic E-state index is 6.19. The minimum atomic E-state index is 0.443. The van der Waals surface area contributed by atoms with Crippen LogP contribution < -0.4 is 5.73 Å². The number of nitrogens with two attached hydrogens (primary N) is 1. The van der Waals surface area contributed by atoms with Gasteiger partial charge in [-0.15, -0.1) is 0 Å². The Balaban J connectivity index is 1.86. The Labute approximate surface area is 87.8 Å². The van der Waals surface area contributed by atoms with Gasteiger partial charge < -0.3 is 5.73 Å². The number of hydrogen-bond donors (Lipinski definition) is 1. The van der Waals surface area contributed by atoms with E-state index in [1.54, 1.807) is 0 Å². The standard InChI is InChI=1S/C12H24N2/c1-9-4-3-5-10(2)14(9)8-12(13)11-6-7-11/h9-12H,3-8,13H2,1-2H3/t9-,10+,12?. The molecule has 2 heteroatoms. The molecule has 82 valence electrons. The van der Waals surface area contributed by atoms with Crippen LogP contribution in [0.5, 0.6) is 0 Å². The van der Waals surface area contributed by atoms with Gasteiger partial charge in [0.1, 0.15) is 0 Å². The molecule has 2 nitrogen and oxygen atoms in total. The molecule has 1 aliphatic heterocycles. The second-order valence-electron chi connectivity index (χ2n) is 5.33. The minimum absolute atomic E-state index is 0.443. The van der Waals surface area contributed by atoms with Gasteiger partial charge >= 0.3 is 0 Å². The van der Waals surface area contributed by atoms with E-state index < -0.39 is 0 Å². The van der Waals surface area contributed by atoms with Crippen molar-refractivity contribution in [1.29, 1.82) is 0 Å². The molecule has 0 amide bonds. The zero-order valence-corrected chi connectivity index (χ0v) is 9.58. The molecule has 2 N–H and O–H groups in total. The van der Waals surface area contributed by atoms with Crippen molar-refractivity contribution in [2.45, 2.75) is 64.1 Å². The van der Waals surface area contributed by atoms with Gasteiger partial charge in [-0.3, -0.25) is 4.90 Å². The molecule has 3 atom stereocenters. The van der Waals surface area contributed by atoms with Crippen molar-refractivity contribution in [2.24, 2.45) is 11.7 Å². The van der Waals surface area contributed by atoms with Gasteiger partial charge in [-0.25, -0.2) is 0 Å². The Kier molecular flexibility index (Phi) is 3.13. The van der Waals surface area contributed by atoms with Crippen LogP contribution in [-0.4, -0.2) is 29.6 Å². The lowest BCUT2D eigenvalue weighted by Gasteiger charge is -2.40. The lowest BCUT2D eigenvalue weighted by Crippen LogP contribution is -2.49. The number of nitrogens with zero attached hydrogens (tertiary/aromatic N) is 1. The van der Waals surface area contributed by atoms with E-state index in [-0.39, 0.29) is 0 Å². The van der Waals surface area contributed by atoms with Gasteiger partial charge in [-0.1, -0.05) is 6.42 Å². The normalized spacial score (nSPS) is 37.1. The van der Waals surface area contributed by atoms with E-state index in [0.29, 0.717) is 6.04 Å². The third-order valence-corrected chi connectivity index (χ3v) is 4.03. The first-order valence-electron chi connectivity index (χ1n) is 6.20. The second kappa shape index (κ2) is 4.19. The Morgan fingerprint density at radius 2 is 1.71 bits per heavy atom. The monoisotopic (exact) mass is 196 g/mol. The van der Waals surface area contributed by atoms with Crippen LogP contribution in [0.2, 0.25) is 0 Å². The van der Waals surface area contributed by atoms with Crippen LogP contribution in [0.3, 0.4) is 0 Å². The number of hydrogen-bond acceptors (Lipinski definition) is 2. The summed E-state index contributed by atoms with van der Waals surface area (Å²) in [5.41, 5.74) is 6.19. The summed E-state index contributed by atoms with van der Waals surface area (Å²) in [6.45, 7) is 5.84. The smallest absolute Gasteiger partial charge is 0.0196 e. The van der Waals surface area contributed by atoms with Crippen molar-refractivity contribution in [2.75, 3.05) is 6.54 Å². The highest BCUT2D eigenvalue weighted by Gasteiger charge is 2.33. The van der Waals surface area contributed by atoms with Crippen molar-refractivity contribution in [3.63, 3.8) is 0 Å². The zero-order valence-electron chi connectivity index (χ0n) is 9.58. The predicted molar refractivity (Wildman–Crippen MR) is 60.2 cm³/mol. The SMILES string of the molecule is C[C@@H]1CCC[C@H](C)N1CC(N)C1CC1. The highest BCUT2D eigenvalue weighted by molar-refractivity contribution is 4.89. The van der Waals surface area contributed by atoms with Gasteiger partial charge in [-0.2, -0.15) is 0 Å². The summed E-state index contributed by atoms with van der Waals surface area (Å²) in [6.07, 6.45) is 6.87.